The molecule has 0 aliphatic heterocycles. The third-order valence-corrected chi connectivity index (χ3v) is 6.24. The molecule has 0 aliphatic rings. The van der Waals surface area contributed by atoms with E-state index in [0.29, 0.717) is 21.8 Å². The molecule has 34 heavy (non-hydrogen) atoms. The first-order valence-electron chi connectivity index (χ1n) is 10.2. The maximum Gasteiger partial charge on any atom is 0.265 e. The van der Waals surface area contributed by atoms with Crippen LogP contribution in [0.3, 0.4) is 0 Å². The molecule has 0 saturated carbocycles. The van der Waals surface area contributed by atoms with Crippen molar-refractivity contribution in [2.75, 3.05) is 10.6 Å². The molecule has 2 heterocycles. The zero-order chi connectivity index (χ0) is 24.4. The molecule has 0 saturated heterocycles. The number of amides is 2. The molecule has 10 heteroatoms. The Hall–Kier alpha value is -4.31. The number of nitrogens with two attached hydrogens (primary N) is 1. The second kappa shape index (κ2) is 9.28. The number of carbonyl (C=O) groups excluding carboxylic acids is 2. The molecule has 0 bridgehead atoms. The Kier molecular flexibility index (Phi) is 6.24. The average Bonchev–Trinajstić information content (AvgIpc) is 3.41. The summed E-state index contributed by atoms with van der Waals surface area (Å²) in [6, 6.07) is 13.6. The quantitative estimate of drug-likeness (QED) is 0.236. The molecule has 0 aliphatic carbocycles. The molecule has 2 aromatic heterocycles. The lowest BCUT2D eigenvalue weighted by atomic mass is 10.0. The Balaban J connectivity index is 1.61. The number of halogens is 1. The monoisotopic (exact) mass is 476 g/mol. The fourth-order valence-electron chi connectivity index (χ4n) is 3.40. The van der Waals surface area contributed by atoms with E-state index in [-0.39, 0.29) is 17.1 Å². The summed E-state index contributed by atoms with van der Waals surface area (Å²) in [5.41, 5.74) is 5.95. The average molecular weight is 477 g/mol. The van der Waals surface area contributed by atoms with Gasteiger partial charge >= 0.3 is 0 Å². The van der Waals surface area contributed by atoms with Gasteiger partial charge in [0.1, 0.15) is 11.5 Å². The number of aryl methyl sites for hydroxylation is 1. The lowest BCUT2D eigenvalue weighted by molar-refractivity contribution is -0.114. The van der Waals surface area contributed by atoms with E-state index in [2.05, 4.69) is 15.7 Å². The third-order valence-electron chi connectivity index (χ3n) is 5.12. The van der Waals surface area contributed by atoms with Crippen molar-refractivity contribution in [3.63, 3.8) is 0 Å². The Morgan fingerprint density at radius 3 is 2.62 bits per heavy atom. The highest BCUT2D eigenvalue weighted by atomic mass is 32.1. The summed E-state index contributed by atoms with van der Waals surface area (Å²) >= 11 is 1.31. The second-order valence-corrected chi connectivity index (χ2v) is 8.62. The number of hydrogen-bond acceptors (Lipinski definition) is 6. The van der Waals surface area contributed by atoms with Crippen LogP contribution < -0.4 is 16.4 Å². The van der Waals surface area contributed by atoms with E-state index in [4.69, 9.17) is 11.1 Å². The molecule has 0 fully saturated rings. The lowest BCUT2D eigenvalue weighted by Gasteiger charge is -2.13. The van der Waals surface area contributed by atoms with Crippen molar-refractivity contribution >= 4 is 50.5 Å². The number of aromatic nitrogens is 2. The minimum absolute atomic E-state index is 0.0311. The van der Waals surface area contributed by atoms with Gasteiger partial charge < -0.3 is 21.8 Å². The maximum absolute atomic E-state index is 14.7. The minimum atomic E-state index is -0.784. The van der Waals surface area contributed by atoms with Crippen molar-refractivity contribution in [1.82, 2.24) is 9.78 Å². The molecule has 5 N–H and O–H groups in total. The fourth-order valence-corrected chi connectivity index (χ4v) is 4.36. The molecule has 8 nitrogen and oxygen atoms in total. The molecule has 4 aromatic rings. The van der Waals surface area contributed by atoms with E-state index < -0.39 is 17.6 Å². The number of carbonyl (C=O) groups is 2. The fraction of sp³-hybridized carbons (Fsp3) is 0.0833. The van der Waals surface area contributed by atoms with Gasteiger partial charge in [-0.1, -0.05) is 18.2 Å². The highest BCUT2D eigenvalue weighted by Crippen LogP contribution is 2.28. The van der Waals surface area contributed by atoms with Crippen LogP contribution in [0, 0.1) is 18.2 Å². The first-order valence-corrected chi connectivity index (χ1v) is 11.0. The number of benzene rings is 2. The summed E-state index contributed by atoms with van der Waals surface area (Å²) in [6.45, 7) is 1.59. The van der Waals surface area contributed by atoms with E-state index in [9.17, 15) is 14.0 Å². The molecule has 172 valence electrons. The predicted molar refractivity (Wildman–Crippen MR) is 132 cm³/mol. The number of primary amides is 1. The summed E-state index contributed by atoms with van der Waals surface area (Å²) in [6.07, 6.45) is 2.93. The van der Waals surface area contributed by atoms with Crippen LogP contribution >= 0.6 is 11.3 Å². The van der Waals surface area contributed by atoms with Crippen LogP contribution in [0.15, 0.2) is 66.5 Å². The smallest absolute Gasteiger partial charge is 0.265 e. The van der Waals surface area contributed by atoms with Gasteiger partial charge in [0.2, 0.25) is 0 Å². The van der Waals surface area contributed by atoms with E-state index in [1.54, 1.807) is 37.0 Å². The highest BCUT2D eigenvalue weighted by molar-refractivity contribution is 7.20. The molecule has 0 unspecified atom stereocenters. The lowest BCUT2D eigenvalue weighted by Crippen LogP contribution is -2.21. The Bertz CT molecular complexity index is 1440. The summed E-state index contributed by atoms with van der Waals surface area (Å²) < 4.78 is 17.2. The van der Waals surface area contributed by atoms with Crippen molar-refractivity contribution in [2.24, 2.45) is 12.8 Å². The molecular weight excluding hydrogens is 455 g/mol. The maximum atomic E-state index is 14.7. The summed E-state index contributed by atoms with van der Waals surface area (Å²) in [7, 11) is 1.72. The SMILES string of the molecule is Cc1c(C(=N)/C=C(/Nc2ccn(C)n2)C(N)=O)ccc(F)c1NC(=O)c1cc2ccccc2s1. The van der Waals surface area contributed by atoms with E-state index in [1.807, 2.05) is 24.3 Å². The molecule has 0 atom stereocenters. The zero-order valence-corrected chi connectivity index (χ0v) is 19.2. The Morgan fingerprint density at radius 1 is 1.18 bits per heavy atom. The van der Waals surface area contributed by atoms with Crippen LogP contribution in [0.5, 0.6) is 0 Å². The standard InChI is InChI=1S/C24H21FN6O2S/c1-13-15(17(26)12-18(23(27)32)28-21-9-10-31(2)30-21)7-8-16(25)22(13)29-24(33)20-11-14-5-3-4-6-19(14)34-20/h3-12,26H,1-2H3,(H2,27,32)(H,28,30)(H,29,33)/b18-12+,26-17?. The first kappa shape index (κ1) is 22.9. The Morgan fingerprint density at radius 2 is 1.94 bits per heavy atom. The van der Waals surface area contributed by atoms with Crippen molar-refractivity contribution in [3.8, 4) is 0 Å². The number of nitrogens with one attached hydrogen (secondary N) is 3. The van der Waals surface area contributed by atoms with Gasteiger partial charge in [-0.3, -0.25) is 14.3 Å². The molecule has 2 amide bonds. The largest absolute Gasteiger partial charge is 0.364 e. The van der Waals surface area contributed by atoms with Crippen LogP contribution in [0.2, 0.25) is 0 Å². The van der Waals surface area contributed by atoms with Gasteiger partial charge in [-0.05, 0) is 48.2 Å². The molecular formula is C24H21FN6O2S. The molecule has 2 aromatic carbocycles. The molecule has 0 spiro atoms. The van der Waals surface area contributed by atoms with E-state index >= 15 is 0 Å². The zero-order valence-electron chi connectivity index (χ0n) is 18.3. The van der Waals surface area contributed by atoms with Crippen LogP contribution in [0.1, 0.15) is 20.8 Å². The van der Waals surface area contributed by atoms with Crippen molar-refractivity contribution < 1.29 is 14.0 Å². The van der Waals surface area contributed by atoms with Gasteiger partial charge in [0.15, 0.2) is 5.82 Å². The number of allylic oxidation sites excluding steroid dienone is 1. The van der Waals surface area contributed by atoms with Crippen molar-refractivity contribution in [2.45, 2.75) is 6.92 Å². The molecule has 0 radical (unpaired) electrons. The normalized spacial score (nSPS) is 11.4. The van der Waals surface area contributed by atoms with Crippen LogP contribution in [0.25, 0.3) is 10.1 Å². The third kappa shape index (κ3) is 4.71. The van der Waals surface area contributed by atoms with Crippen LogP contribution in [-0.4, -0.2) is 27.3 Å². The van der Waals surface area contributed by atoms with Gasteiger partial charge in [0.05, 0.1) is 16.3 Å². The highest BCUT2D eigenvalue weighted by Gasteiger charge is 2.18. The first-order chi connectivity index (χ1) is 16.2. The van der Waals surface area contributed by atoms with Gasteiger partial charge in [0.25, 0.3) is 11.8 Å². The van der Waals surface area contributed by atoms with Crippen LogP contribution in [0.4, 0.5) is 15.9 Å². The summed E-state index contributed by atoms with van der Waals surface area (Å²) in [5.74, 6) is -1.48. The topological polar surface area (TPSA) is 126 Å². The number of rotatable bonds is 7. The van der Waals surface area contributed by atoms with Gasteiger partial charge in [-0.15, -0.1) is 11.3 Å². The van der Waals surface area contributed by atoms with E-state index in [0.717, 1.165) is 10.1 Å². The van der Waals surface area contributed by atoms with E-state index in [1.165, 1.54) is 29.5 Å². The minimum Gasteiger partial charge on any atom is -0.364 e. The number of thiophene rings is 1. The van der Waals surface area contributed by atoms with Crippen LogP contribution in [-0.2, 0) is 11.8 Å². The number of nitrogens with zero attached hydrogens (tertiary/aromatic N) is 2. The van der Waals surface area contributed by atoms with Gasteiger partial charge in [-0.25, -0.2) is 4.39 Å². The summed E-state index contributed by atoms with van der Waals surface area (Å²) in [4.78, 5) is 25.2. The number of fused-ring (bicyclic) bond motifs is 1. The van der Waals surface area contributed by atoms with Gasteiger partial charge in [0, 0.05) is 29.6 Å². The molecule has 4 rings (SSSR count). The number of anilines is 2. The predicted octanol–water partition coefficient (Wildman–Crippen LogP) is 4.18. The second-order valence-electron chi connectivity index (χ2n) is 7.53. The Labute approximate surface area is 198 Å². The van der Waals surface area contributed by atoms with Crippen molar-refractivity contribution in [3.05, 3.63) is 88.3 Å². The van der Waals surface area contributed by atoms with Crippen molar-refractivity contribution in [1.29, 1.82) is 5.41 Å². The summed E-state index contributed by atoms with van der Waals surface area (Å²) in [5, 5.41) is 18.9. The number of hydrogen-bond donors (Lipinski definition) is 4. The van der Waals surface area contributed by atoms with Gasteiger partial charge in [-0.2, -0.15) is 5.10 Å².